The molecule has 20 radical (unpaired) electrons. The van der Waals surface area contributed by atoms with Gasteiger partial charge < -0.3 is 9.64 Å². The minimum atomic E-state index is -1.33. The molecule has 1 aliphatic heterocycles. The largest absolute Gasteiger partial charge is 0.458 e. The molecule has 0 atom stereocenters. The smallest absolute Gasteiger partial charge is 0.127 e. The molecular formula is C49H23B10NO. The Hall–Kier alpha value is -5.99. The summed E-state index contributed by atoms with van der Waals surface area (Å²) in [4.78, 5) is 2.02. The predicted molar refractivity (Wildman–Crippen MR) is 263 cm³/mol. The summed E-state index contributed by atoms with van der Waals surface area (Å²) < 4.78 is 6.89. The molecule has 0 saturated carbocycles. The topological polar surface area (TPSA) is 12.5 Å². The van der Waals surface area contributed by atoms with Gasteiger partial charge in [0.2, 0.25) is 0 Å². The summed E-state index contributed by atoms with van der Waals surface area (Å²) in [7, 11) is 68.3. The highest BCUT2D eigenvalue weighted by molar-refractivity contribution is 6.62. The lowest BCUT2D eigenvalue weighted by atomic mass is 9.59. The third kappa shape index (κ3) is 5.85. The number of anilines is 3. The van der Waals surface area contributed by atoms with E-state index in [2.05, 4.69) is 48.5 Å². The van der Waals surface area contributed by atoms with Crippen molar-refractivity contribution in [3.05, 3.63) is 162 Å². The van der Waals surface area contributed by atoms with Crippen LogP contribution in [0.3, 0.4) is 0 Å². The molecule has 260 valence electrons. The second-order valence-corrected chi connectivity index (χ2v) is 15.5. The third-order valence-corrected chi connectivity index (χ3v) is 12.1. The van der Waals surface area contributed by atoms with Crippen LogP contribution >= 0.6 is 0 Å². The minimum Gasteiger partial charge on any atom is -0.458 e. The zero-order valence-electron chi connectivity index (χ0n) is 32.9. The Morgan fingerprint density at radius 3 is 1.26 bits per heavy atom. The van der Waals surface area contributed by atoms with Gasteiger partial charge in [-0.25, -0.2) is 0 Å². The number of ether oxygens (including phenoxy) is 1. The molecule has 0 fully saturated rings. The first-order valence-electron chi connectivity index (χ1n) is 19.6. The second-order valence-electron chi connectivity index (χ2n) is 15.5. The molecule has 8 aromatic rings. The van der Waals surface area contributed by atoms with Crippen molar-refractivity contribution in [1.82, 2.24) is 0 Å². The number of benzene rings is 8. The second kappa shape index (κ2) is 14.6. The maximum Gasteiger partial charge on any atom is 0.127 e. The first-order chi connectivity index (χ1) is 29.4. The molecule has 12 heteroatoms. The van der Waals surface area contributed by atoms with Crippen molar-refractivity contribution in [2.24, 2.45) is 0 Å². The Morgan fingerprint density at radius 1 is 0.361 bits per heavy atom. The van der Waals surface area contributed by atoms with Crippen LogP contribution in [-0.2, 0) is 5.41 Å². The molecule has 2 nitrogen and oxygen atoms in total. The molecule has 0 saturated heterocycles. The summed E-state index contributed by atoms with van der Waals surface area (Å²) in [6.45, 7) is 0. The highest BCUT2D eigenvalue weighted by Crippen LogP contribution is 2.60. The SMILES string of the molecule is [B]c1cc([B])c2c(c1)C1(c3cc([B])c(N(c4ccc(-c5ccccc5)cc4)c4ccc(-c5ccccc5)cc4)c([B])c3O2)c2cc([B])c([B])c([B])c2-c2c1cc([B])c([B])c2[B]. The number of fused-ring (bicyclic) bond motifs is 9. The predicted octanol–water partition coefficient (Wildman–Crippen LogP) is 0.897. The Kier molecular flexibility index (Phi) is 9.36. The van der Waals surface area contributed by atoms with E-state index in [0.717, 1.165) is 33.6 Å². The Balaban J connectivity index is 1.27. The van der Waals surface area contributed by atoms with Crippen molar-refractivity contribution in [2.45, 2.75) is 5.41 Å². The van der Waals surface area contributed by atoms with Crippen LogP contribution in [0, 0.1) is 0 Å². The molecule has 0 amide bonds. The van der Waals surface area contributed by atoms with Gasteiger partial charge in [-0.15, -0.1) is 21.9 Å². The van der Waals surface area contributed by atoms with Crippen molar-refractivity contribution in [1.29, 1.82) is 0 Å². The lowest BCUT2D eigenvalue weighted by Gasteiger charge is -2.43. The molecule has 8 aromatic carbocycles. The van der Waals surface area contributed by atoms with Crippen molar-refractivity contribution in [3.63, 3.8) is 0 Å². The molecular weight excluding hydrogens is 727 g/mol. The van der Waals surface area contributed by atoms with Crippen LogP contribution in [0.4, 0.5) is 17.1 Å². The Morgan fingerprint density at radius 2 is 0.787 bits per heavy atom. The van der Waals surface area contributed by atoms with Crippen LogP contribution in [0.25, 0.3) is 33.4 Å². The van der Waals surface area contributed by atoms with Crippen molar-refractivity contribution in [3.8, 4) is 44.9 Å². The fourth-order valence-electron chi connectivity index (χ4n) is 9.26. The van der Waals surface area contributed by atoms with Gasteiger partial charge in [0.05, 0.1) is 5.41 Å². The average Bonchev–Trinajstić information content (AvgIpc) is 3.54. The summed E-state index contributed by atoms with van der Waals surface area (Å²) in [5.41, 5.74) is 11.0. The van der Waals surface area contributed by atoms with E-state index < -0.39 is 5.41 Å². The lowest BCUT2D eigenvalue weighted by molar-refractivity contribution is 0.444. The normalized spacial score (nSPS) is 12.9. The van der Waals surface area contributed by atoms with Gasteiger partial charge in [-0.3, -0.25) is 0 Å². The van der Waals surface area contributed by atoms with Crippen LogP contribution in [0.1, 0.15) is 22.3 Å². The molecule has 1 aliphatic carbocycles. The van der Waals surface area contributed by atoms with E-state index in [4.69, 9.17) is 83.2 Å². The van der Waals surface area contributed by atoms with E-state index in [-0.39, 0.29) is 43.7 Å². The molecule has 0 N–H and O–H groups in total. The van der Waals surface area contributed by atoms with Gasteiger partial charge in [-0.2, -0.15) is 0 Å². The van der Waals surface area contributed by atoms with Crippen molar-refractivity contribution < 1.29 is 4.74 Å². The molecule has 1 heterocycles. The number of hydrogen-bond acceptors (Lipinski definition) is 2. The third-order valence-electron chi connectivity index (χ3n) is 12.1. The fraction of sp³-hybridized carbons (Fsp3) is 0.0204. The maximum atomic E-state index is 7.47. The lowest BCUT2D eigenvalue weighted by Crippen LogP contribution is -2.44. The number of rotatable bonds is 5. The zero-order chi connectivity index (χ0) is 42.5. The molecule has 0 bridgehead atoms. The standard InChI is InChI=1S/C49H23B10NO/c50-28-19-33-47(38(54)20-28)61-48-34(49(33)31-21-35(51)41(55)43(57)39(31)40-32(49)22-36(52)42(56)44(40)58)23-37(53)46(45(48)59)60(29-15-11-26(12-16-29)24-7-3-1-4-8-24)30-17-13-27(14-18-30)25-9-5-2-6-10-25/h1-23H. The van der Waals surface area contributed by atoms with Gasteiger partial charge in [-0.1, -0.05) is 143 Å². The van der Waals surface area contributed by atoms with Gasteiger partial charge in [-0.05, 0) is 74.2 Å². The van der Waals surface area contributed by atoms with Gasteiger partial charge in [0.25, 0.3) is 0 Å². The van der Waals surface area contributed by atoms with Gasteiger partial charge >= 0.3 is 0 Å². The van der Waals surface area contributed by atoms with Crippen molar-refractivity contribution >= 4 is 150 Å². The highest BCUT2D eigenvalue weighted by Gasteiger charge is 2.53. The minimum absolute atomic E-state index is 0.192. The van der Waals surface area contributed by atoms with E-state index in [1.807, 2.05) is 71.6 Å². The molecule has 1 spiro atoms. The molecule has 10 rings (SSSR count). The summed E-state index contributed by atoms with van der Waals surface area (Å²) in [5.74, 6) is 0.610. The van der Waals surface area contributed by atoms with E-state index in [9.17, 15) is 0 Å². The van der Waals surface area contributed by atoms with Crippen LogP contribution < -0.4 is 64.3 Å². The maximum absolute atomic E-state index is 7.47. The van der Waals surface area contributed by atoms with E-state index >= 15 is 0 Å². The van der Waals surface area contributed by atoms with Gasteiger partial charge in [0.1, 0.15) is 90.0 Å². The molecule has 0 aromatic heterocycles. The number of hydrogen-bond donors (Lipinski definition) is 0. The summed E-state index contributed by atoms with van der Waals surface area (Å²) in [6, 6.07) is 45.6. The average molecular weight is 750 g/mol. The van der Waals surface area contributed by atoms with Crippen LogP contribution in [0.15, 0.2) is 140 Å². The Bertz CT molecular complexity index is 2960. The van der Waals surface area contributed by atoms with E-state index in [1.54, 1.807) is 24.3 Å². The van der Waals surface area contributed by atoms with Crippen LogP contribution in [-0.4, -0.2) is 78.5 Å². The summed E-state index contributed by atoms with van der Waals surface area (Å²) >= 11 is 0. The molecule has 2 aliphatic rings. The first-order valence-corrected chi connectivity index (χ1v) is 19.6. The fourth-order valence-corrected chi connectivity index (χ4v) is 9.26. The molecule has 61 heavy (non-hydrogen) atoms. The summed E-state index contributed by atoms with van der Waals surface area (Å²) in [5, 5.41) is 0. The van der Waals surface area contributed by atoms with Crippen molar-refractivity contribution in [2.75, 3.05) is 4.90 Å². The first kappa shape index (κ1) is 39.2. The number of nitrogens with zero attached hydrogens (tertiary/aromatic N) is 1. The Labute approximate surface area is 370 Å². The van der Waals surface area contributed by atoms with Gasteiger partial charge in [0, 0.05) is 28.2 Å². The molecule has 0 unspecified atom stereocenters. The van der Waals surface area contributed by atoms with Gasteiger partial charge in [0.15, 0.2) is 0 Å². The van der Waals surface area contributed by atoms with Crippen LogP contribution in [0.2, 0.25) is 0 Å². The quantitative estimate of drug-likeness (QED) is 0.243. The highest BCUT2D eigenvalue weighted by atomic mass is 16.5. The van der Waals surface area contributed by atoms with E-state index in [1.165, 1.54) is 0 Å². The zero-order valence-corrected chi connectivity index (χ0v) is 32.9. The monoisotopic (exact) mass is 751 g/mol. The van der Waals surface area contributed by atoms with Crippen LogP contribution in [0.5, 0.6) is 11.5 Å². The summed E-state index contributed by atoms with van der Waals surface area (Å²) in [6.07, 6.45) is 0. The van der Waals surface area contributed by atoms with E-state index in [0.29, 0.717) is 61.5 Å².